The Kier molecular flexibility index (Phi) is 5.01. The molecule has 1 saturated heterocycles. The lowest BCUT2D eigenvalue weighted by molar-refractivity contribution is 0.209. The van der Waals surface area contributed by atoms with E-state index in [4.69, 9.17) is 0 Å². The Morgan fingerprint density at radius 1 is 1.35 bits per heavy atom. The second-order valence-corrected chi connectivity index (χ2v) is 6.90. The number of aliphatic hydroxyl groups is 1. The molecule has 1 heterocycles. The minimum absolute atomic E-state index is 0.212. The van der Waals surface area contributed by atoms with Crippen LogP contribution in [0.15, 0.2) is 29.2 Å². The SMILES string of the molecule is CCNS(=O)(=O)c1ccc(N2CCCC(CO)C2)cc1. The number of anilines is 1. The van der Waals surface area contributed by atoms with Crippen LogP contribution in [0.4, 0.5) is 5.69 Å². The van der Waals surface area contributed by atoms with Crippen molar-refractivity contribution in [3.63, 3.8) is 0 Å². The van der Waals surface area contributed by atoms with E-state index >= 15 is 0 Å². The maximum Gasteiger partial charge on any atom is 0.240 e. The summed E-state index contributed by atoms with van der Waals surface area (Å²) in [5.41, 5.74) is 1.01. The first kappa shape index (κ1) is 15.3. The van der Waals surface area contributed by atoms with Gasteiger partial charge in [0.1, 0.15) is 0 Å². The van der Waals surface area contributed by atoms with Gasteiger partial charge in [-0.2, -0.15) is 0 Å². The van der Waals surface area contributed by atoms with Crippen molar-refractivity contribution in [1.29, 1.82) is 0 Å². The summed E-state index contributed by atoms with van der Waals surface area (Å²) in [5, 5.41) is 9.25. The molecule has 1 aromatic rings. The first-order valence-corrected chi connectivity index (χ1v) is 8.50. The van der Waals surface area contributed by atoms with Crippen LogP contribution in [0.5, 0.6) is 0 Å². The molecule has 1 unspecified atom stereocenters. The largest absolute Gasteiger partial charge is 0.396 e. The molecule has 0 amide bonds. The van der Waals surface area contributed by atoms with Crippen molar-refractivity contribution < 1.29 is 13.5 Å². The van der Waals surface area contributed by atoms with E-state index in [1.54, 1.807) is 19.1 Å². The summed E-state index contributed by atoms with van der Waals surface area (Å²) in [6.07, 6.45) is 2.11. The highest BCUT2D eigenvalue weighted by molar-refractivity contribution is 7.89. The third-order valence-corrected chi connectivity index (χ3v) is 5.19. The maximum absolute atomic E-state index is 11.9. The van der Waals surface area contributed by atoms with Crippen molar-refractivity contribution in [2.75, 3.05) is 31.1 Å². The van der Waals surface area contributed by atoms with Crippen LogP contribution >= 0.6 is 0 Å². The second kappa shape index (κ2) is 6.56. The molecule has 2 rings (SSSR count). The summed E-state index contributed by atoms with van der Waals surface area (Å²) < 4.78 is 26.2. The van der Waals surface area contributed by atoms with Gasteiger partial charge in [0.25, 0.3) is 0 Å². The lowest BCUT2D eigenvalue weighted by atomic mass is 9.98. The average Bonchev–Trinajstić information content (AvgIpc) is 2.47. The molecule has 0 aliphatic carbocycles. The maximum atomic E-state index is 11.9. The molecule has 2 N–H and O–H groups in total. The van der Waals surface area contributed by atoms with E-state index in [1.807, 2.05) is 12.1 Å². The molecule has 1 fully saturated rings. The van der Waals surface area contributed by atoms with Crippen LogP contribution in [0.1, 0.15) is 19.8 Å². The van der Waals surface area contributed by atoms with Crippen molar-refractivity contribution in [2.45, 2.75) is 24.7 Å². The van der Waals surface area contributed by atoms with Crippen LogP contribution in [0.2, 0.25) is 0 Å². The topological polar surface area (TPSA) is 69.6 Å². The summed E-state index contributed by atoms with van der Waals surface area (Å²) in [5.74, 6) is 0.314. The Bertz CT molecular complexity index is 528. The Morgan fingerprint density at radius 2 is 2.05 bits per heavy atom. The third kappa shape index (κ3) is 3.50. The fraction of sp³-hybridized carbons (Fsp3) is 0.571. The van der Waals surface area contributed by atoms with Gasteiger partial charge in [-0.1, -0.05) is 6.92 Å². The first-order valence-electron chi connectivity index (χ1n) is 7.02. The van der Waals surface area contributed by atoms with Crippen LogP contribution in [0, 0.1) is 5.92 Å². The van der Waals surface area contributed by atoms with Gasteiger partial charge < -0.3 is 10.0 Å². The predicted molar refractivity (Wildman–Crippen MR) is 79.3 cm³/mol. The molecular formula is C14H22N2O3S. The quantitative estimate of drug-likeness (QED) is 0.857. The van der Waals surface area contributed by atoms with Gasteiger partial charge in [-0.3, -0.25) is 0 Å². The van der Waals surface area contributed by atoms with E-state index in [-0.39, 0.29) is 6.61 Å². The Balaban J connectivity index is 2.12. The summed E-state index contributed by atoms with van der Waals surface area (Å²) in [4.78, 5) is 2.49. The van der Waals surface area contributed by atoms with Crippen molar-refractivity contribution in [2.24, 2.45) is 5.92 Å². The molecule has 5 nitrogen and oxygen atoms in total. The van der Waals surface area contributed by atoms with Gasteiger partial charge in [0.05, 0.1) is 4.90 Å². The Hall–Kier alpha value is -1.11. The first-order chi connectivity index (χ1) is 9.56. The summed E-state index contributed by atoms with van der Waals surface area (Å²) >= 11 is 0. The van der Waals surface area contributed by atoms with E-state index in [1.165, 1.54) is 0 Å². The van der Waals surface area contributed by atoms with Crippen LogP contribution in [0.25, 0.3) is 0 Å². The lowest BCUT2D eigenvalue weighted by Gasteiger charge is -2.33. The third-order valence-electron chi connectivity index (χ3n) is 3.62. The minimum Gasteiger partial charge on any atom is -0.396 e. The summed E-state index contributed by atoms with van der Waals surface area (Å²) in [6.45, 7) is 4.14. The molecule has 0 bridgehead atoms. The molecule has 1 atom stereocenters. The van der Waals surface area contributed by atoms with Crippen LogP contribution in [-0.4, -0.2) is 39.8 Å². The van der Waals surface area contributed by atoms with Gasteiger partial charge in [0, 0.05) is 31.9 Å². The molecule has 1 aliphatic rings. The molecule has 112 valence electrons. The average molecular weight is 298 g/mol. The zero-order chi connectivity index (χ0) is 14.6. The fourth-order valence-electron chi connectivity index (χ4n) is 2.56. The van der Waals surface area contributed by atoms with Gasteiger partial charge in [0.15, 0.2) is 0 Å². The minimum atomic E-state index is -3.38. The highest BCUT2D eigenvalue weighted by atomic mass is 32.2. The van der Waals surface area contributed by atoms with E-state index in [2.05, 4.69) is 9.62 Å². The van der Waals surface area contributed by atoms with E-state index in [0.29, 0.717) is 17.4 Å². The van der Waals surface area contributed by atoms with Crippen molar-refractivity contribution in [1.82, 2.24) is 4.72 Å². The molecule has 0 radical (unpaired) electrons. The molecule has 1 aromatic carbocycles. The Labute approximate surface area is 120 Å². The van der Waals surface area contributed by atoms with Crippen molar-refractivity contribution in [3.05, 3.63) is 24.3 Å². The van der Waals surface area contributed by atoms with E-state index in [0.717, 1.165) is 31.6 Å². The standard InChI is InChI=1S/C14H22N2O3S/c1-2-15-20(18,19)14-7-5-13(6-8-14)16-9-3-4-12(10-16)11-17/h5-8,12,15,17H,2-4,9-11H2,1H3. The highest BCUT2D eigenvalue weighted by Crippen LogP contribution is 2.24. The molecule has 0 saturated carbocycles. The molecule has 6 heteroatoms. The molecule has 20 heavy (non-hydrogen) atoms. The van der Waals surface area contributed by atoms with E-state index in [9.17, 15) is 13.5 Å². The van der Waals surface area contributed by atoms with Crippen LogP contribution in [0.3, 0.4) is 0 Å². The lowest BCUT2D eigenvalue weighted by Crippen LogP contribution is -2.36. The molecule has 1 aliphatic heterocycles. The fourth-order valence-corrected chi connectivity index (χ4v) is 3.60. The van der Waals surface area contributed by atoms with E-state index < -0.39 is 10.0 Å². The number of rotatable bonds is 5. The van der Waals surface area contributed by atoms with Gasteiger partial charge in [0.2, 0.25) is 10.0 Å². The van der Waals surface area contributed by atoms with Gasteiger partial charge in [-0.25, -0.2) is 13.1 Å². The number of aliphatic hydroxyl groups excluding tert-OH is 1. The predicted octanol–water partition coefficient (Wildman–Crippen LogP) is 1.19. The normalized spacial score (nSPS) is 20.1. The summed E-state index contributed by atoms with van der Waals surface area (Å²) in [7, 11) is -3.38. The zero-order valence-corrected chi connectivity index (χ0v) is 12.6. The number of nitrogens with one attached hydrogen (secondary N) is 1. The summed E-state index contributed by atoms with van der Waals surface area (Å²) in [6, 6.07) is 6.94. The molecule has 0 spiro atoms. The molecular weight excluding hydrogens is 276 g/mol. The van der Waals surface area contributed by atoms with Crippen LogP contribution < -0.4 is 9.62 Å². The number of hydrogen-bond donors (Lipinski definition) is 2. The number of hydrogen-bond acceptors (Lipinski definition) is 4. The monoisotopic (exact) mass is 298 g/mol. The molecule has 0 aromatic heterocycles. The highest BCUT2D eigenvalue weighted by Gasteiger charge is 2.20. The number of benzene rings is 1. The second-order valence-electron chi connectivity index (χ2n) is 5.13. The van der Waals surface area contributed by atoms with Gasteiger partial charge in [-0.05, 0) is 43.0 Å². The smallest absolute Gasteiger partial charge is 0.240 e. The van der Waals surface area contributed by atoms with Gasteiger partial charge >= 0.3 is 0 Å². The number of sulfonamides is 1. The van der Waals surface area contributed by atoms with Crippen LogP contribution in [-0.2, 0) is 10.0 Å². The Morgan fingerprint density at radius 3 is 2.65 bits per heavy atom. The van der Waals surface area contributed by atoms with Gasteiger partial charge in [-0.15, -0.1) is 0 Å². The number of nitrogens with zero attached hydrogens (tertiary/aromatic N) is 1. The van der Waals surface area contributed by atoms with Crippen molar-refractivity contribution >= 4 is 15.7 Å². The zero-order valence-electron chi connectivity index (χ0n) is 11.7. The van der Waals surface area contributed by atoms with Crippen molar-refractivity contribution in [3.8, 4) is 0 Å². The number of piperidine rings is 1.